The number of nitrogens with zero attached hydrogens (tertiary/aromatic N) is 2. The van der Waals surface area contributed by atoms with Crippen molar-refractivity contribution in [3.8, 4) is 5.88 Å². The second-order valence-corrected chi connectivity index (χ2v) is 4.14. The first-order valence-electron chi connectivity index (χ1n) is 2.58. The lowest BCUT2D eigenvalue weighted by molar-refractivity contribution is 0.388. The van der Waals surface area contributed by atoms with E-state index in [1.54, 1.807) is 7.11 Å². The van der Waals surface area contributed by atoms with Gasteiger partial charge in [-0.3, -0.25) is 0 Å². The summed E-state index contributed by atoms with van der Waals surface area (Å²) in [6, 6.07) is 0. The van der Waals surface area contributed by atoms with E-state index in [0.717, 1.165) is 7.14 Å². The predicted molar refractivity (Wildman–Crippen MR) is 59.0 cm³/mol. The topological polar surface area (TPSA) is 35.0 Å². The van der Waals surface area contributed by atoms with Gasteiger partial charge >= 0.3 is 0 Å². The van der Waals surface area contributed by atoms with E-state index in [1.165, 1.54) is 0 Å². The first-order chi connectivity index (χ1) is 5.16. The first kappa shape index (κ1) is 9.72. The summed E-state index contributed by atoms with van der Waals surface area (Å²) in [5, 5.41) is 7.84. The van der Waals surface area contributed by atoms with Crippen LogP contribution in [0.15, 0.2) is 0 Å². The van der Waals surface area contributed by atoms with Crippen molar-refractivity contribution in [3.63, 3.8) is 0 Å². The van der Waals surface area contributed by atoms with Gasteiger partial charge in [-0.2, -0.15) is 0 Å². The molecule has 0 aliphatic heterocycles. The molecular formula is C5H3ClI2N2O. The summed E-state index contributed by atoms with van der Waals surface area (Å²) in [5.74, 6) is 0.513. The maximum Gasteiger partial charge on any atom is 0.247 e. The third kappa shape index (κ3) is 2.05. The molecule has 0 saturated carbocycles. The highest BCUT2D eigenvalue weighted by Gasteiger charge is 2.09. The maximum atomic E-state index is 5.70. The Morgan fingerprint density at radius 1 is 1.27 bits per heavy atom. The van der Waals surface area contributed by atoms with Gasteiger partial charge in [0.25, 0.3) is 0 Å². The minimum absolute atomic E-state index is 0.413. The average molecular weight is 396 g/mol. The maximum absolute atomic E-state index is 5.70. The molecule has 0 spiro atoms. The van der Waals surface area contributed by atoms with Crippen LogP contribution in [0, 0.1) is 7.14 Å². The van der Waals surface area contributed by atoms with Gasteiger partial charge in [-0.05, 0) is 45.2 Å². The van der Waals surface area contributed by atoms with Gasteiger partial charge in [0.2, 0.25) is 5.88 Å². The van der Waals surface area contributed by atoms with Crippen LogP contribution in [-0.2, 0) is 0 Å². The Hall–Kier alpha value is 0.630. The Kier molecular flexibility index (Phi) is 3.56. The minimum atomic E-state index is 0.413. The fourth-order valence-electron chi connectivity index (χ4n) is 0.492. The summed E-state index contributed by atoms with van der Waals surface area (Å²) in [7, 11) is 1.55. The van der Waals surface area contributed by atoms with Crippen LogP contribution in [0.4, 0.5) is 0 Å². The summed E-state index contributed by atoms with van der Waals surface area (Å²) >= 11 is 9.91. The zero-order valence-electron chi connectivity index (χ0n) is 5.44. The molecule has 1 aromatic heterocycles. The average Bonchev–Trinajstić information content (AvgIpc) is 2.01. The molecule has 1 heterocycles. The number of rotatable bonds is 1. The van der Waals surface area contributed by atoms with Gasteiger partial charge in [-0.15, -0.1) is 10.2 Å². The normalized spacial score (nSPS) is 9.82. The van der Waals surface area contributed by atoms with Gasteiger partial charge in [-0.1, -0.05) is 11.6 Å². The van der Waals surface area contributed by atoms with Crippen LogP contribution >= 0.6 is 56.8 Å². The van der Waals surface area contributed by atoms with Crippen LogP contribution in [0.2, 0.25) is 5.15 Å². The van der Waals surface area contributed by atoms with Crippen molar-refractivity contribution in [2.45, 2.75) is 0 Å². The largest absolute Gasteiger partial charge is 0.479 e. The summed E-state index contributed by atoms with van der Waals surface area (Å²) in [6.45, 7) is 0. The highest BCUT2D eigenvalue weighted by molar-refractivity contribution is 14.1. The zero-order chi connectivity index (χ0) is 8.43. The SMILES string of the molecule is COc1nnc(Cl)c(I)c1I. The number of hydrogen-bond donors (Lipinski definition) is 0. The third-order valence-electron chi connectivity index (χ3n) is 0.984. The van der Waals surface area contributed by atoms with Crippen molar-refractivity contribution < 1.29 is 4.74 Å². The van der Waals surface area contributed by atoms with Crippen molar-refractivity contribution in [1.29, 1.82) is 0 Å². The van der Waals surface area contributed by atoms with Gasteiger partial charge < -0.3 is 4.74 Å². The van der Waals surface area contributed by atoms with Crippen LogP contribution in [-0.4, -0.2) is 17.3 Å². The Morgan fingerprint density at radius 3 is 2.45 bits per heavy atom. The number of hydrogen-bond acceptors (Lipinski definition) is 3. The lowest BCUT2D eigenvalue weighted by atomic mass is 10.6. The summed E-state index contributed by atoms with van der Waals surface area (Å²) in [6.07, 6.45) is 0. The molecule has 6 heteroatoms. The number of ether oxygens (including phenoxy) is 1. The quantitative estimate of drug-likeness (QED) is 0.684. The second-order valence-electron chi connectivity index (χ2n) is 1.63. The Morgan fingerprint density at radius 2 is 1.91 bits per heavy atom. The van der Waals surface area contributed by atoms with Gasteiger partial charge in [-0.25, -0.2) is 0 Å². The molecule has 0 unspecified atom stereocenters. The monoisotopic (exact) mass is 396 g/mol. The third-order valence-corrected chi connectivity index (χ3v) is 4.65. The van der Waals surface area contributed by atoms with Gasteiger partial charge in [0.15, 0.2) is 5.15 Å². The number of methoxy groups -OCH3 is 1. The van der Waals surface area contributed by atoms with E-state index in [-0.39, 0.29) is 0 Å². The first-order valence-corrected chi connectivity index (χ1v) is 5.11. The van der Waals surface area contributed by atoms with Crippen molar-refractivity contribution in [1.82, 2.24) is 10.2 Å². The standard InChI is InChI=1S/C5H3ClI2N2O/c1-11-5-3(8)2(7)4(6)9-10-5/h1H3. The predicted octanol–water partition coefficient (Wildman–Crippen LogP) is 2.35. The van der Waals surface area contributed by atoms with Crippen molar-refractivity contribution in [3.05, 3.63) is 12.3 Å². The molecule has 0 fully saturated rings. The molecule has 0 saturated heterocycles. The lowest BCUT2D eigenvalue weighted by Crippen LogP contribution is -1.97. The van der Waals surface area contributed by atoms with Crippen molar-refractivity contribution >= 4 is 56.8 Å². The molecule has 0 bridgehead atoms. The molecule has 3 nitrogen and oxygen atoms in total. The molecular weight excluding hydrogens is 393 g/mol. The van der Waals surface area contributed by atoms with E-state index in [4.69, 9.17) is 16.3 Å². The second kappa shape index (κ2) is 4.04. The van der Waals surface area contributed by atoms with Gasteiger partial charge in [0.05, 0.1) is 14.3 Å². The number of aromatic nitrogens is 2. The van der Waals surface area contributed by atoms with Crippen LogP contribution in [0.1, 0.15) is 0 Å². The Balaban J connectivity index is 3.25. The molecule has 0 aliphatic rings. The fourth-order valence-corrected chi connectivity index (χ4v) is 1.71. The van der Waals surface area contributed by atoms with E-state index in [9.17, 15) is 0 Å². The van der Waals surface area contributed by atoms with Crippen LogP contribution in [0.5, 0.6) is 5.88 Å². The van der Waals surface area contributed by atoms with Gasteiger partial charge in [0, 0.05) is 0 Å². The Bertz CT molecular complexity index is 281. The van der Waals surface area contributed by atoms with E-state index in [2.05, 4.69) is 55.4 Å². The molecule has 1 aromatic rings. The highest BCUT2D eigenvalue weighted by Crippen LogP contribution is 2.26. The van der Waals surface area contributed by atoms with Crippen LogP contribution in [0.3, 0.4) is 0 Å². The summed E-state index contributed by atoms with van der Waals surface area (Å²) in [4.78, 5) is 0. The lowest BCUT2D eigenvalue weighted by Gasteiger charge is -2.02. The van der Waals surface area contributed by atoms with Crippen LogP contribution < -0.4 is 4.74 Å². The highest BCUT2D eigenvalue weighted by atomic mass is 127. The smallest absolute Gasteiger partial charge is 0.247 e. The molecule has 1 rings (SSSR count). The van der Waals surface area contributed by atoms with Gasteiger partial charge in [0.1, 0.15) is 0 Å². The van der Waals surface area contributed by atoms with Crippen molar-refractivity contribution in [2.75, 3.05) is 7.11 Å². The van der Waals surface area contributed by atoms with Crippen molar-refractivity contribution in [2.24, 2.45) is 0 Å². The minimum Gasteiger partial charge on any atom is -0.479 e. The van der Waals surface area contributed by atoms with Crippen LogP contribution in [0.25, 0.3) is 0 Å². The molecule has 0 atom stereocenters. The van der Waals surface area contributed by atoms with E-state index >= 15 is 0 Å². The molecule has 60 valence electrons. The molecule has 0 amide bonds. The molecule has 11 heavy (non-hydrogen) atoms. The molecule has 0 aliphatic carbocycles. The Labute approximate surface area is 96.1 Å². The van der Waals surface area contributed by atoms with E-state index in [1.807, 2.05) is 0 Å². The molecule has 0 radical (unpaired) electrons. The number of halogens is 3. The fraction of sp³-hybridized carbons (Fsp3) is 0.200. The van der Waals surface area contributed by atoms with E-state index in [0.29, 0.717) is 11.0 Å². The summed E-state index contributed by atoms with van der Waals surface area (Å²) in [5.41, 5.74) is 0. The zero-order valence-corrected chi connectivity index (χ0v) is 10.5. The van der Waals surface area contributed by atoms with E-state index < -0.39 is 0 Å². The summed E-state index contributed by atoms with van der Waals surface area (Å²) < 4.78 is 6.70. The molecule has 0 aromatic carbocycles. The molecule has 0 N–H and O–H groups in total.